The fraction of sp³-hybridized carbons (Fsp3) is 0.455. The molecule has 1 aromatic carbocycles. The Kier molecular flexibility index (Phi) is 3.96. The Bertz CT molecular complexity index is 290. The third kappa shape index (κ3) is 3.31. The molecule has 0 aromatic heterocycles. The molecular formula is C11H17BrN2. The fourth-order valence-electron chi connectivity index (χ4n) is 1.24. The van der Waals surface area contributed by atoms with Crippen molar-refractivity contribution in [2.75, 3.05) is 12.8 Å². The van der Waals surface area contributed by atoms with Crippen molar-refractivity contribution in [1.29, 1.82) is 0 Å². The highest BCUT2D eigenvalue weighted by Gasteiger charge is 2.05. The molecule has 0 unspecified atom stereocenters. The number of halogens is 1. The Hall–Kier alpha value is -0.540. The van der Waals surface area contributed by atoms with Gasteiger partial charge in [-0.05, 0) is 44.7 Å². The van der Waals surface area contributed by atoms with Crippen molar-refractivity contribution in [3.8, 4) is 0 Å². The van der Waals surface area contributed by atoms with Crippen LogP contribution in [-0.4, -0.2) is 18.0 Å². The molecule has 1 aromatic rings. The number of hydrogen-bond donors (Lipinski definition) is 1. The monoisotopic (exact) mass is 256 g/mol. The zero-order valence-corrected chi connectivity index (χ0v) is 10.5. The fourth-order valence-corrected chi connectivity index (χ4v) is 1.80. The number of rotatable bonds is 3. The second-order valence-corrected chi connectivity index (χ2v) is 4.82. The molecule has 2 nitrogen and oxygen atoms in total. The highest BCUT2D eigenvalue weighted by molar-refractivity contribution is 9.10. The van der Waals surface area contributed by atoms with Crippen LogP contribution < -0.4 is 5.73 Å². The minimum Gasteiger partial charge on any atom is -0.399 e. The zero-order chi connectivity index (χ0) is 10.7. The maximum absolute atomic E-state index is 5.76. The van der Waals surface area contributed by atoms with Crippen LogP contribution in [0, 0.1) is 0 Å². The van der Waals surface area contributed by atoms with Crippen molar-refractivity contribution >= 4 is 21.6 Å². The van der Waals surface area contributed by atoms with E-state index in [-0.39, 0.29) is 0 Å². The third-order valence-corrected chi connectivity index (χ3v) is 2.75. The van der Waals surface area contributed by atoms with Gasteiger partial charge in [-0.1, -0.05) is 15.9 Å². The maximum atomic E-state index is 5.76. The molecule has 0 saturated heterocycles. The van der Waals surface area contributed by atoms with E-state index < -0.39 is 0 Å². The van der Waals surface area contributed by atoms with Gasteiger partial charge in [-0.3, -0.25) is 4.90 Å². The Morgan fingerprint density at radius 1 is 1.36 bits per heavy atom. The molecule has 3 heteroatoms. The van der Waals surface area contributed by atoms with Gasteiger partial charge in [0.2, 0.25) is 0 Å². The molecule has 78 valence electrons. The molecular weight excluding hydrogens is 240 g/mol. The van der Waals surface area contributed by atoms with Crippen LogP contribution in [0.3, 0.4) is 0 Å². The molecule has 14 heavy (non-hydrogen) atoms. The highest BCUT2D eigenvalue weighted by atomic mass is 79.9. The number of nitrogens with two attached hydrogens (primary N) is 1. The Morgan fingerprint density at radius 2 is 2.00 bits per heavy atom. The van der Waals surface area contributed by atoms with Crippen molar-refractivity contribution in [2.24, 2.45) is 0 Å². The number of nitrogens with zero attached hydrogens (tertiary/aromatic N) is 1. The minimum atomic E-state index is 0.551. The summed E-state index contributed by atoms with van der Waals surface area (Å²) in [5, 5.41) is 0. The van der Waals surface area contributed by atoms with Gasteiger partial charge in [0.05, 0.1) is 0 Å². The molecule has 0 atom stereocenters. The lowest BCUT2D eigenvalue weighted by Crippen LogP contribution is -2.25. The first kappa shape index (κ1) is 11.5. The second kappa shape index (κ2) is 4.80. The van der Waals surface area contributed by atoms with Crippen molar-refractivity contribution < 1.29 is 0 Å². The van der Waals surface area contributed by atoms with Gasteiger partial charge in [0, 0.05) is 22.7 Å². The van der Waals surface area contributed by atoms with Crippen LogP contribution in [0.15, 0.2) is 22.7 Å². The standard InChI is InChI=1S/C11H17BrN2/c1-8(2)14(3)7-9-4-10(12)6-11(13)5-9/h4-6,8H,7,13H2,1-3H3. The average Bonchev–Trinajstić information content (AvgIpc) is 2.01. The van der Waals surface area contributed by atoms with Crippen molar-refractivity contribution in [3.63, 3.8) is 0 Å². The molecule has 0 aliphatic heterocycles. The smallest absolute Gasteiger partial charge is 0.0328 e. The van der Waals surface area contributed by atoms with Gasteiger partial charge >= 0.3 is 0 Å². The molecule has 0 saturated carbocycles. The van der Waals surface area contributed by atoms with Gasteiger partial charge in [0.15, 0.2) is 0 Å². The normalized spacial score (nSPS) is 11.3. The molecule has 0 amide bonds. The Morgan fingerprint density at radius 3 is 2.50 bits per heavy atom. The van der Waals surface area contributed by atoms with E-state index in [2.05, 4.69) is 47.8 Å². The first-order valence-electron chi connectivity index (χ1n) is 4.74. The van der Waals surface area contributed by atoms with Crippen LogP contribution in [-0.2, 0) is 6.54 Å². The molecule has 0 radical (unpaired) electrons. The SMILES string of the molecule is CC(C)N(C)Cc1cc(N)cc(Br)c1. The van der Waals surface area contributed by atoms with Crippen LogP contribution in [0.1, 0.15) is 19.4 Å². The largest absolute Gasteiger partial charge is 0.399 e. The highest BCUT2D eigenvalue weighted by Crippen LogP contribution is 2.18. The summed E-state index contributed by atoms with van der Waals surface area (Å²) in [4.78, 5) is 2.28. The number of hydrogen-bond acceptors (Lipinski definition) is 2. The summed E-state index contributed by atoms with van der Waals surface area (Å²) < 4.78 is 1.05. The summed E-state index contributed by atoms with van der Waals surface area (Å²) in [5.74, 6) is 0. The van der Waals surface area contributed by atoms with Crippen molar-refractivity contribution in [1.82, 2.24) is 4.90 Å². The van der Waals surface area contributed by atoms with E-state index in [4.69, 9.17) is 5.73 Å². The Balaban J connectivity index is 2.76. The molecule has 2 N–H and O–H groups in total. The molecule has 1 rings (SSSR count). The number of anilines is 1. The first-order chi connectivity index (χ1) is 6.49. The molecule has 0 heterocycles. The lowest BCUT2D eigenvalue weighted by molar-refractivity contribution is 0.266. The molecule has 0 bridgehead atoms. The lowest BCUT2D eigenvalue weighted by Gasteiger charge is -2.21. The topological polar surface area (TPSA) is 29.3 Å². The van der Waals surface area contributed by atoms with Gasteiger partial charge in [-0.2, -0.15) is 0 Å². The van der Waals surface area contributed by atoms with Crippen LogP contribution in [0.4, 0.5) is 5.69 Å². The summed E-state index contributed by atoms with van der Waals surface area (Å²) in [6.07, 6.45) is 0. The summed E-state index contributed by atoms with van der Waals surface area (Å²) in [7, 11) is 2.11. The lowest BCUT2D eigenvalue weighted by atomic mass is 10.2. The minimum absolute atomic E-state index is 0.551. The van der Waals surface area contributed by atoms with Crippen molar-refractivity contribution in [3.05, 3.63) is 28.2 Å². The summed E-state index contributed by atoms with van der Waals surface area (Å²) in [6.45, 7) is 5.30. The number of benzene rings is 1. The molecule has 0 fully saturated rings. The van der Waals surface area contributed by atoms with E-state index in [0.29, 0.717) is 6.04 Å². The number of nitrogen functional groups attached to an aromatic ring is 1. The van der Waals surface area contributed by atoms with Crippen LogP contribution >= 0.6 is 15.9 Å². The third-order valence-electron chi connectivity index (χ3n) is 2.29. The van der Waals surface area contributed by atoms with E-state index in [9.17, 15) is 0 Å². The quantitative estimate of drug-likeness (QED) is 0.843. The summed E-state index contributed by atoms with van der Waals surface area (Å²) in [5.41, 5.74) is 7.82. The predicted octanol–water partition coefficient (Wildman–Crippen LogP) is 2.87. The van der Waals surface area contributed by atoms with E-state index in [1.165, 1.54) is 5.56 Å². The predicted molar refractivity (Wildman–Crippen MR) is 65.2 cm³/mol. The van der Waals surface area contributed by atoms with Crippen LogP contribution in [0.25, 0.3) is 0 Å². The molecule has 0 aliphatic rings. The molecule has 0 aliphatic carbocycles. The van der Waals surface area contributed by atoms with E-state index >= 15 is 0 Å². The van der Waals surface area contributed by atoms with Gasteiger partial charge < -0.3 is 5.73 Å². The van der Waals surface area contributed by atoms with Crippen LogP contribution in [0.5, 0.6) is 0 Å². The zero-order valence-electron chi connectivity index (χ0n) is 8.92. The van der Waals surface area contributed by atoms with Gasteiger partial charge in [-0.25, -0.2) is 0 Å². The average molecular weight is 257 g/mol. The van der Waals surface area contributed by atoms with Gasteiger partial charge in [-0.15, -0.1) is 0 Å². The summed E-state index contributed by atoms with van der Waals surface area (Å²) in [6, 6.07) is 6.59. The maximum Gasteiger partial charge on any atom is 0.0328 e. The van der Waals surface area contributed by atoms with Crippen LogP contribution in [0.2, 0.25) is 0 Å². The summed E-state index contributed by atoms with van der Waals surface area (Å²) >= 11 is 3.44. The van der Waals surface area contributed by atoms with Gasteiger partial charge in [0.1, 0.15) is 0 Å². The first-order valence-corrected chi connectivity index (χ1v) is 5.53. The van der Waals surface area contributed by atoms with Gasteiger partial charge in [0.25, 0.3) is 0 Å². The Labute approximate surface area is 94.2 Å². The van der Waals surface area contributed by atoms with Crippen molar-refractivity contribution in [2.45, 2.75) is 26.4 Å². The van der Waals surface area contributed by atoms with E-state index in [1.54, 1.807) is 0 Å². The van der Waals surface area contributed by atoms with E-state index in [1.807, 2.05) is 12.1 Å². The second-order valence-electron chi connectivity index (χ2n) is 3.90. The van der Waals surface area contributed by atoms with E-state index in [0.717, 1.165) is 16.7 Å². The molecule has 0 spiro atoms.